The van der Waals surface area contributed by atoms with Crippen molar-refractivity contribution in [1.82, 2.24) is 5.32 Å². The third kappa shape index (κ3) is 42.5. The molecule has 1 radical (unpaired) electrons. The van der Waals surface area contributed by atoms with Gasteiger partial charge in [-0.05, 0) is 7.05 Å². The minimum absolute atomic E-state index is 0. The first kappa shape index (κ1) is 15.7. The first-order valence-electron chi connectivity index (χ1n) is 2.35. The molecular formula is C5H14NY-. The Morgan fingerprint density at radius 3 is 1.57 bits per heavy atom. The molecule has 43 valence electrons. The van der Waals surface area contributed by atoms with E-state index >= 15 is 0 Å². The maximum absolute atomic E-state index is 3.49. The van der Waals surface area contributed by atoms with Crippen LogP contribution in [-0.4, -0.2) is 13.6 Å². The molecule has 0 saturated carbocycles. The monoisotopic (exact) mass is 177 g/mol. The molecule has 0 atom stereocenters. The molecule has 0 rings (SSSR count). The average molecular weight is 177 g/mol. The van der Waals surface area contributed by atoms with E-state index in [0.29, 0.717) is 0 Å². The van der Waals surface area contributed by atoms with Crippen molar-refractivity contribution in [3.63, 3.8) is 0 Å². The molecule has 0 aliphatic heterocycles. The Balaban J connectivity index is -0.0000000480. The van der Waals surface area contributed by atoms with Crippen LogP contribution in [0.4, 0.5) is 0 Å². The summed E-state index contributed by atoms with van der Waals surface area (Å²) in [6, 6.07) is 0. The fourth-order valence-electron chi connectivity index (χ4n) is 0. The van der Waals surface area contributed by atoms with Gasteiger partial charge in [0.25, 0.3) is 0 Å². The van der Waals surface area contributed by atoms with Gasteiger partial charge in [0.1, 0.15) is 0 Å². The molecule has 0 fully saturated rings. The van der Waals surface area contributed by atoms with Gasteiger partial charge in [-0.15, -0.1) is 6.54 Å². The quantitative estimate of drug-likeness (QED) is 0.590. The zero-order chi connectivity index (χ0) is 5.41. The second-order valence-corrected chi connectivity index (χ2v) is 0.604. The van der Waals surface area contributed by atoms with Gasteiger partial charge in [0.2, 0.25) is 0 Å². The summed E-state index contributed by atoms with van der Waals surface area (Å²) in [5.41, 5.74) is 0. The fraction of sp³-hybridized carbons (Fsp3) is 0.800. The van der Waals surface area contributed by atoms with Crippen LogP contribution in [0.5, 0.6) is 0 Å². The minimum atomic E-state index is 0. The molecule has 0 aliphatic rings. The predicted octanol–water partition coefficient (Wildman–Crippen LogP) is 1.06. The van der Waals surface area contributed by atoms with E-state index in [1.807, 2.05) is 20.9 Å². The van der Waals surface area contributed by atoms with E-state index in [-0.39, 0.29) is 32.7 Å². The summed E-state index contributed by atoms with van der Waals surface area (Å²) in [6.45, 7) is 8.31. The summed E-state index contributed by atoms with van der Waals surface area (Å²) >= 11 is 0. The van der Waals surface area contributed by atoms with Gasteiger partial charge in [-0.25, -0.2) is 0 Å². The first-order chi connectivity index (χ1) is 2.91. The largest absolute Gasteiger partial charge is 0.349 e. The summed E-state index contributed by atoms with van der Waals surface area (Å²) in [5, 5.41) is 2.82. The number of hydrogen-bond acceptors (Lipinski definition) is 1. The zero-order valence-corrected chi connectivity index (χ0v) is 8.33. The number of rotatable bonds is 1. The van der Waals surface area contributed by atoms with E-state index < -0.39 is 0 Å². The summed E-state index contributed by atoms with van der Waals surface area (Å²) in [5.74, 6) is 0. The normalized spacial score (nSPS) is 5.14. The van der Waals surface area contributed by atoms with Crippen LogP contribution in [0, 0.1) is 6.92 Å². The second-order valence-electron chi connectivity index (χ2n) is 0.604. The van der Waals surface area contributed by atoms with Crippen LogP contribution in [0.3, 0.4) is 0 Å². The Bertz CT molecular complexity index is 10.0. The van der Waals surface area contributed by atoms with Crippen molar-refractivity contribution in [2.45, 2.75) is 13.8 Å². The topological polar surface area (TPSA) is 12.0 Å². The zero-order valence-electron chi connectivity index (χ0n) is 5.49. The second kappa shape index (κ2) is 27.7. The maximum atomic E-state index is 3.49. The van der Waals surface area contributed by atoms with Crippen LogP contribution >= 0.6 is 0 Å². The molecule has 0 amide bonds. The molecule has 2 heteroatoms. The van der Waals surface area contributed by atoms with Crippen molar-refractivity contribution in [2.75, 3.05) is 13.6 Å². The molecule has 0 bridgehead atoms. The van der Waals surface area contributed by atoms with Gasteiger partial charge in [-0.3, -0.25) is 0 Å². The average Bonchev–Trinajstić information content (AvgIpc) is 1.72. The Morgan fingerprint density at radius 1 is 1.43 bits per heavy atom. The van der Waals surface area contributed by atoms with Gasteiger partial charge < -0.3 is 12.2 Å². The summed E-state index contributed by atoms with van der Waals surface area (Å²) in [6.07, 6.45) is 0. The first-order valence-corrected chi connectivity index (χ1v) is 2.35. The summed E-state index contributed by atoms with van der Waals surface area (Å²) in [4.78, 5) is 0. The molecule has 0 aromatic carbocycles. The van der Waals surface area contributed by atoms with E-state index in [0.717, 1.165) is 6.54 Å². The van der Waals surface area contributed by atoms with Crippen molar-refractivity contribution in [3.05, 3.63) is 6.92 Å². The van der Waals surface area contributed by atoms with Crippen LogP contribution in [0.25, 0.3) is 0 Å². The maximum Gasteiger partial charge on any atom is 0 e. The van der Waals surface area contributed by atoms with Crippen molar-refractivity contribution in [2.24, 2.45) is 0 Å². The van der Waals surface area contributed by atoms with Gasteiger partial charge in [-0.2, -0.15) is 0 Å². The Labute approximate surface area is 72.1 Å². The van der Waals surface area contributed by atoms with Crippen LogP contribution in [-0.2, 0) is 32.7 Å². The van der Waals surface area contributed by atoms with E-state index in [2.05, 4.69) is 12.2 Å². The SMILES string of the molecule is CC.[CH2-]CNC.[Y]. The van der Waals surface area contributed by atoms with E-state index in [9.17, 15) is 0 Å². The molecule has 0 spiro atoms. The molecular weight excluding hydrogens is 163 g/mol. The Morgan fingerprint density at radius 2 is 1.57 bits per heavy atom. The number of nitrogens with one attached hydrogen (secondary N) is 1. The smallest absolute Gasteiger partial charge is 0 e. The minimum Gasteiger partial charge on any atom is -0.349 e. The van der Waals surface area contributed by atoms with Crippen molar-refractivity contribution < 1.29 is 32.7 Å². The van der Waals surface area contributed by atoms with E-state index in [1.165, 1.54) is 0 Å². The van der Waals surface area contributed by atoms with Gasteiger partial charge >= 0.3 is 0 Å². The van der Waals surface area contributed by atoms with Crippen molar-refractivity contribution in [1.29, 1.82) is 0 Å². The molecule has 7 heavy (non-hydrogen) atoms. The predicted molar refractivity (Wildman–Crippen MR) is 30.6 cm³/mol. The van der Waals surface area contributed by atoms with Crippen LogP contribution in [0.1, 0.15) is 13.8 Å². The van der Waals surface area contributed by atoms with Crippen molar-refractivity contribution in [3.8, 4) is 0 Å². The molecule has 0 aliphatic carbocycles. The van der Waals surface area contributed by atoms with Crippen LogP contribution in [0.2, 0.25) is 0 Å². The van der Waals surface area contributed by atoms with Crippen LogP contribution < -0.4 is 5.32 Å². The van der Waals surface area contributed by atoms with Gasteiger partial charge in [-0.1, -0.05) is 13.8 Å². The summed E-state index contributed by atoms with van der Waals surface area (Å²) < 4.78 is 0. The molecule has 0 unspecified atom stereocenters. The van der Waals surface area contributed by atoms with E-state index in [4.69, 9.17) is 0 Å². The van der Waals surface area contributed by atoms with Gasteiger partial charge in [0, 0.05) is 32.7 Å². The number of hydrogen-bond donors (Lipinski definition) is 1. The van der Waals surface area contributed by atoms with Crippen molar-refractivity contribution >= 4 is 0 Å². The molecule has 0 aromatic rings. The van der Waals surface area contributed by atoms with Crippen LogP contribution in [0.15, 0.2) is 0 Å². The fourth-order valence-corrected chi connectivity index (χ4v) is 0. The third-order valence-electron chi connectivity index (χ3n) is 0.250. The molecule has 1 nitrogen and oxygen atoms in total. The molecule has 1 N–H and O–H groups in total. The third-order valence-corrected chi connectivity index (χ3v) is 0.250. The summed E-state index contributed by atoms with van der Waals surface area (Å²) in [7, 11) is 1.87. The standard InChI is InChI=1S/C3H8N.C2H6.Y/c1-3-4-2;1-2;/h4H,1,3H2,2H3;1-2H3;/q-1;;. The van der Waals surface area contributed by atoms with Gasteiger partial charge in [0.05, 0.1) is 0 Å². The van der Waals surface area contributed by atoms with E-state index in [1.54, 1.807) is 0 Å². The Kier molecular flexibility index (Phi) is 62.0. The van der Waals surface area contributed by atoms with Gasteiger partial charge in [0.15, 0.2) is 0 Å². The molecule has 0 heterocycles. The molecule has 0 aromatic heterocycles. The molecule has 0 saturated heterocycles. The Hall–Kier alpha value is 1.06.